The summed E-state index contributed by atoms with van der Waals surface area (Å²) >= 11 is 0. The number of alkyl carbamates (subject to hydrolysis) is 1. The number of aromatic nitrogens is 2. The fourth-order valence-corrected chi connectivity index (χ4v) is 4.07. The SMILES string of the molecule is CC(=O)Nc1ccn(C2OC(COC(C)=O)C(OC(C)=O)C(OC(C)=O)C2NC(=O)OCc2ccccc2)c(=O)n1. The zero-order valence-corrected chi connectivity index (χ0v) is 22.7. The molecule has 2 amide bonds. The van der Waals surface area contributed by atoms with Crippen LogP contribution in [0.1, 0.15) is 39.5 Å². The van der Waals surface area contributed by atoms with E-state index in [9.17, 15) is 28.8 Å². The maximum atomic E-state index is 13.0. The molecule has 15 heteroatoms. The number of anilines is 1. The van der Waals surface area contributed by atoms with Gasteiger partial charge in [0, 0.05) is 33.9 Å². The van der Waals surface area contributed by atoms with Crippen LogP contribution in [-0.2, 0) is 49.5 Å². The summed E-state index contributed by atoms with van der Waals surface area (Å²) in [6.07, 6.45) is -5.26. The van der Waals surface area contributed by atoms with Crippen LogP contribution in [0.4, 0.5) is 10.6 Å². The molecule has 1 aliphatic heterocycles. The van der Waals surface area contributed by atoms with E-state index in [1.807, 2.05) is 0 Å². The van der Waals surface area contributed by atoms with E-state index >= 15 is 0 Å². The minimum atomic E-state index is -1.44. The Bertz CT molecular complexity index is 1330. The van der Waals surface area contributed by atoms with Crippen molar-refractivity contribution in [3.05, 3.63) is 58.6 Å². The minimum Gasteiger partial charge on any atom is -0.463 e. The molecule has 1 saturated heterocycles. The molecular formula is C26H30N4O11. The molecule has 2 heterocycles. The van der Waals surface area contributed by atoms with Gasteiger partial charge in [0.1, 0.15) is 31.2 Å². The molecule has 1 fully saturated rings. The van der Waals surface area contributed by atoms with Crippen molar-refractivity contribution in [2.24, 2.45) is 0 Å². The Balaban J connectivity index is 2.03. The molecule has 0 aliphatic carbocycles. The number of amides is 2. The lowest BCUT2D eigenvalue weighted by Gasteiger charge is -2.45. The highest BCUT2D eigenvalue weighted by Crippen LogP contribution is 2.32. The molecule has 2 N–H and O–H groups in total. The van der Waals surface area contributed by atoms with Crippen LogP contribution in [0.5, 0.6) is 0 Å². The van der Waals surface area contributed by atoms with Gasteiger partial charge in [0.2, 0.25) is 5.91 Å². The zero-order chi connectivity index (χ0) is 30.1. The lowest BCUT2D eigenvalue weighted by Crippen LogP contribution is -2.65. The number of nitrogens with one attached hydrogen (secondary N) is 2. The first kappa shape index (κ1) is 30.7. The number of nitrogens with zero attached hydrogens (tertiary/aromatic N) is 2. The average Bonchev–Trinajstić information content (AvgIpc) is 2.89. The second kappa shape index (κ2) is 14.0. The van der Waals surface area contributed by atoms with E-state index < -0.39 is 72.8 Å². The number of esters is 3. The largest absolute Gasteiger partial charge is 0.463 e. The van der Waals surface area contributed by atoms with Crippen molar-refractivity contribution in [1.82, 2.24) is 14.9 Å². The molecule has 15 nitrogen and oxygen atoms in total. The topological polar surface area (TPSA) is 190 Å². The van der Waals surface area contributed by atoms with Gasteiger partial charge in [-0.2, -0.15) is 4.98 Å². The molecule has 5 atom stereocenters. The minimum absolute atomic E-state index is 0.0490. The molecule has 41 heavy (non-hydrogen) atoms. The van der Waals surface area contributed by atoms with Crippen molar-refractivity contribution >= 4 is 35.7 Å². The van der Waals surface area contributed by atoms with Crippen molar-refractivity contribution in [3.63, 3.8) is 0 Å². The Labute approximate surface area is 234 Å². The summed E-state index contributed by atoms with van der Waals surface area (Å²) in [6.45, 7) is 4.00. The fraction of sp³-hybridized carbons (Fsp3) is 0.423. The quantitative estimate of drug-likeness (QED) is 0.317. The van der Waals surface area contributed by atoms with E-state index in [0.29, 0.717) is 5.56 Å². The molecule has 1 aromatic heterocycles. The number of carbonyl (C=O) groups excluding carboxylic acids is 5. The van der Waals surface area contributed by atoms with E-state index in [4.69, 9.17) is 23.7 Å². The van der Waals surface area contributed by atoms with Gasteiger partial charge in [0.25, 0.3) is 0 Å². The summed E-state index contributed by atoms with van der Waals surface area (Å²) in [4.78, 5) is 76.9. The monoisotopic (exact) mass is 574 g/mol. The number of ether oxygens (including phenoxy) is 5. The van der Waals surface area contributed by atoms with Gasteiger partial charge in [-0.15, -0.1) is 0 Å². The van der Waals surface area contributed by atoms with Crippen molar-refractivity contribution in [3.8, 4) is 0 Å². The zero-order valence-electron chi connectivity index (χ0n) is 22.7. The molecule has 2 aromatic rings. The van der Waals surface area contributed by atoms with Crippen molar-refractivity contribution in [1.29, 1.82) is 0 Å². The van der Waals surface area contributed by atoms with Crippen LogP contribution in [0.25, 0.3) is 0 Å². The summed E-state index contributed by atoms with van der Waals surface area (Å²) in [5.74, 6) is -2.79. The number of carbonyl (C=O) groups is 5. The first-order chi connectivity index (χ1) is 19.4. The highest BCUT2D eigenvalue weighted by Gasteiger charge is 2.52. The summed E-state index contributed by atoms with van der Waals surface area (Å²) in [5.41, 5.74) is -0.228. The maximum absolute atomic E-state index is 13.0. The van der Waals surface area contributed by atoms with E-state index in [-0.39, 0.29) is 12.4 Å². The van der Waals surface area contributed by atoms with E-state index in [0.717, 1.165) is 25.3 Å². The lowest BCUT2D eigenvalue weighted by molar-refractivity contribution is -0.237. The summed E-state index contributed by atoms with van der Waals surface area (Å²) in [6, 6.07) is 8.70. The van der Waals surface area contributed by atoms with Gasteiger partial charge in [-0.25, -0.2) is 9.59 Å². The lowest BCUT2D eigenvalue weighted by atomic mass is 9.95. The normalized spacial score (nSPS) is 21.6. The third kappa shape index (κ3) is 8.86. The molecular weight excluding hydrogens is 544 g/mol. The van der Waals surface area contributed by atoms with Crippen molar-refractivity contribution in [2.75, 3.05) is 11.9 Å². The Morgan fingerprint density at radius 1 is 0.902 bits per heavy atom. The number of hydrogen-bond acceptors (Lipinski definition) is 12. The summed E-state index contributed by atoms with van der Waals surface area (Å²) in [7, 11) is 0. The Morgan fingerprint density at radius 3 is 2.15 bits per heavy atom. The Morgan fingerprint density at radius 2 is 1.56 bits per heavy atom. The predicted molar refractivity (Wildman–Crippen MR) is 138 cm³/mol. The summed E-state index contributed by atoms with van der Waals surface area (Å²) in [5, 5.41) is 4.91. The molecule has 3 rings (SSSR count). The van der Waals surface area contributed by atoms with Gasteiger partial charge in [-0.1, -0.05) is 30.3 Å². The van der Waals surface area contributed by atoms with Crippen molar-refractivity contribution < 1.29 is 47.7 Å². The molecule has 0 bridgehead atoms. The molecule has 1 aliphatic rings. The van der Waals surface area contributed by atoms with Gasteiger partial charge in [-0.3, -0.25) is 23.7 Å². The standard InChI is InChI=1S/C26H30N4O11/c1-14(31)27-20-10-11-30(25(35)28-20)24-21(29-26(36)38-12-18-8-6-5-7-9-18)23(40-17(4)34)22(39-16(3)33)19(41-24)13-37-15(2)32/h5-11,19,21-24H,12-13H2,1-4H3,(H,29,36)(H,27,28,31,35). The second-order valence-electron chi connectivity index (χ2n) is 8.93. The average molecular weight is 575 g/mol. The van der Waals surface area contributed by atoms with Crippen LogP contribution in [-0.4, -0.2) is 70.4 Å². The molecule has 1 aromatic carbocycles. The number of benzene rings is 1. The van der Waals surface area contributed by atoms with Gasteiger partial charge in [-0.05, 0) is 11.6 Å². The van der Waals surface area contributed by atoms with Crippen LogP contribution in [0.3, 0.4) is 0 Å². The smallest absolute Gasteiger partial charge is 0.407 e. The number of hydrogen-bond donors (Lipinski definition) is 2. The molecule has 5 unspecified atom stereocenters. The van der Waals surface area contributed by atoms with Crippen molar-refractivity contribution in [2.45, 2.75) is 64.9 Å². The van der Waals surface area contributed by atoms with Crippen LogP contribution in [0, 0.1) is 0 Å². The van der Waals surface area contributed by atoms with Gasteiger partial charge in [0.15, 0.2) is 18.4 Å². The third-order valence-electron chi connectivity index (χ3n) is 5.63. The van der Waals surface area contributed by atoms with Gasteiger partial charge >= 0.3 is 29.7 Å². The van der Waals surface area contributed by atoms with Crippen LogP contribution < -0.4 is 16.3 Å². The fourth-order valence-electron chi connectivity index (χ4n) is 4.07. The molecule has 220 valence electrons. The Kier molecular flexibility index (Phi) is 10.5. The highest BCUT2D eigenvalue weighted by molar-refractivity contribution is 5.87. The van der Waals surface area contributed by atoms with Crippen LogP contribution in [0.15, 0.2) is 47.4 Å². The van der Waals surface area contributed by atoms with E-state index in [1.165, 1.54) is 19.2 Å². The van der Waals surface area contributed by atoms with Gasteiger partial charge < -0.3 is 34.3 Å². The first-order valence-corrected chi connectivity index (χ1v) is 12.4. The molecule has 0 saturated carbocycles. The van der Waals surface area contributed by atoms with Gasteiger partial charge in [0.05, 0.1) is 0 Å². The van der Waals surface area contributed by atoms with E-state index in [1.54, 1.807) is 30.3 Å². The number of rotatable bonds is 9. The first-order valence-electron chi connectivity index (χ1n) is 12.4. The van der Waals surface area contributed by atoms with E-state index in [2.05, 4.69) is 15.6 Å². The maximum Gasteiger partial charge on any atom is 0.407 e. The van der Waals surface area contributed by atoms with Crippen LogP contribution >= 0.6 is 0 Å². The molecule has 0 radical (unpaired) electrons. The predicted octanol–water partition coefficient (Wildman–Crippen LogP) is 0.821. The van der Waals surface area contributed by atoms with Crippen LogP contribution in [0.2, 0.25) is 0 Å². The second-order valence-corrected chi connectivity index (χ2v) is 8.93. The third-order valence-corrected chi connectivity index (χ3v) is 5.63. The highest BCUT2D eigenvalue weighted by atomic mass is 16.6. The molecule has 0 spiro atoms. The summed E-state index contributed by atoms with van der Waals surface area (Å²) < 4.78 is 28.3. The Hall–Kier alpha value is -4.79.